The second-order valence-corrected chi connectivity index (χ2v) is 8.48. The predicted molar refractivity (Wildman–Crippen MR) is 126 cm³/mol. The highest BCUT2D eigenvalue weighted by Crippen LogP contribution is 2.22. The van der Waals surface area contributed by atoms with E-state index >= 15 is 0 Å². The molecule has 33 heavy (non-hydrogen) atoms. The third kappa shape index (κ3) is 5.42. The van der Waals surface area contributed by atoms with Crippen LogP contribution >= 0.6 is 0 Å². The highest BCUT2D eigenvalue weighted by atomic mass is 16.2. The summed E-state index contributed by atoms with van der Waals surface area (Å²) in [5.41, 5.74) is 1.95. The minimum atomic E-state index is -0.318. The molecule has 0 radical (unpaired) electrons. The molecule has 0 bridgehead atoms. The lowest BCUT2D eigenvalue weighted by molar-refractivity contribution is -0.132. The van der Waals surface area contributed by atoms with Gasteiger partial charge < -0.3 is 9.88 Å². The highest BCUT2D eigenvalue weighted by molar-refractivity contribution is 5.96. The zero-order chi connectivity index (χ0) is 23.2. The molecule has 3 aromatic rings. The number of benzene rings is 1. The summed E-state index contributed by atoms with van der Waals surface area (Å²) in [5.74, 6) is 0.340. The van der Waals surface area contributed by atoms with Crippen molar-refractivity contribution in [1.82, 2.24) is 19.9 Å². The Kier molecular flexibility index (Phi) is 7.07. The number of H-pyrrole nitrogens is 1. The summed E-state index contributed by atoms with van der Waals surface area (Å²) < 4.78 is 0. The van der Waals surface area contributed by atoms with Gasteiger partial charge >= 0.3 is 0 Å². The molecule has 7 heteroatoms. The molecule has 1 unspecified atom stereocenters. The predicted octanol–water partition coefficient (Wildman–Crippen LogP) is 3.73. The fraction of sp³-hybridized carbons (Fsp3) is 0.346. The molecule has 0 saturated carbocycles. The topological polar surface area (TPSA) is 96.0 Å². The molecule has 2 aromatic heterocycles. The maximum atomic E-state index is 13.3. The van der Waals surface area contributed by atoms with Gasteiger partial charge in [-0.2, -0.15) is 0 Å². The molecule has 3 heterocycles. The van der Waals surface area contributed by atoms with E-state index in [-0.39, 0.29) is 29.7 Å². The van der Waals surface area contributed by atoms with Gasteiger partial charge in [-0.3, -0.25) is 19.4 Å². The average molecular weight is 445 g/mol. The van der Waals surface area contributed by atoms with E-state index in [0.717, 1.165) is 25.7 Å². The Bertz CT molecular complexity index is 1180. The summed E-state index contributed by atoms with van der Waals surface area (Å²) in [7, 11) is 0. The molecule has 170 valence electrons. The van der Waals surface area contributed by atoms with Crippen molar-refractivity contribution in [1.29, 1.82) is 0 Å². The van der Waals surface area contributed by atoms with E-state index in [1.165, 1.54) is 0 Å². The highest BCUT2D eigenvalue weighted by Gasteiger charge is 2.28. The molecule has 1 atom stereocenters. The molecule has 0 aliphatic carbocycles. The number of Topliss-reactive ketones (excluding diaryl/α,β-unsaturated/α-hetero) is 1. The zero-order valence-corrected chi connectivity index (χ0v) is 18.8. The van der Waals surface area contributed by atoms with Gasteiger partial charge in [-0.15, -0.1) is 0 Å². The molecule has 4 rings (SSSR count). The van der Waals surface area contributed by atoms with Gasteiger partial charge in [0.2, 0.25) is 5.91 Å². The van der Waals surface area contributed by atoms with Crippen LogP contribution in [-0.4, -0.2) is 44.1 Å². The van der Waals surface area contributed by atoms with E-state index in [4.69, 9.17) is 0 Å². The minimum absolute atomic E-state index is 0.0302. The van der Waals surface area contributed by atoms with Crippen LogP contribution in [0, 0.1) is 6.92 Å². The molecular weight excluding hydrogens is 416 g/mol. The molecule has 7 nitrogen and oxygen atoms in total. The summed E-state index contributed by atoms with van der Waals surface area (Å²) in [4.78, 5) is 52.1. The van der Waals surface area contributed by atoms with E-state index in [2.05, 4.69) is 15.0 Å². The molecule has 1 aliphatic heterocycles. The monoisotopic (exact) mass is 444 g/mol. The fourth-order valence-electron chi connectivity index (χ4n) is 4.38. The number of pyridine rings is 1. The number of hydrogen-bond donors (Lipinski definition) is 1. The third-order valence-corrected chi connectivity index (χ3v) is 6.20. The van der Waals surface area contributed by atoms with Crippen LogP contribution in [0.15, 0.2) is 59.7 Å². The summed E-state index contributed by atoms with van der Waals surface area (Å²) in [6.45, 7) is 2.35. The Hall–Kier alpha value is -3.61. The van der Waals surface area contributed by atoms with E-state index in [0.29, 0.717) is 41.2 Å². The number of rotatable bonds is 6. The van der Waals surface area contributed by atoms with Crippen molar-refractivity contribution >= 4 is 11.7 Å². The van der Waals surface area contributed by atoms with Crippen LogP contribution in [0.2, 0.25) is 0 Å². The molecule has 1 aliphatic rings. The van der Waals surface area contributed by atoms with Crippen molar-refractivity contribution in [2.24, 2.45) is 0 Å². The van der Waals surface area contributed by atoms with Gasteiger partial charge in [0.25, 0.3) is 5.56 Å². The van der Waals surface area contributed by atoms with Gasteiger partial charge in [0.1, 0.15) is 5.82 Å². The van der Waals surface area contributed by atoms with Crippen LogP contribution in [0.25, 0.3) is 11.4 Å². The Morgan fingerprint density at radius 2 is 1.91 bits per heavy atom. The van der Waals surface area contributed by atoms with Gasteiger partial charge in [-0.25, -0.2) is 4.98 Å². The number of aromatic amines is 1. The summed E-state index contributed by atoms with van der Waals surface area (Å²) in [5, 5.41) is 0. The van der Waals surface area contributed by atoms with Crippen LogP contribution in [0.5, 0.6) is 0 Å². The second kappa shape index (κ2) is 10.3. The molecule has 0 spiro atoms. The summed E-state index contributed by atoms with van der Waals surface area (Å²) in [6, 6.07) is 12.6. The number of nitrogens with one attached hydrogen (secondary N) is 1. The number of aromatic nitrogens is 3. The quantitative estimate of drug-likeness (QED) is 0.585. The third-order valence-electron chi connectivity index (χ3n) is 6.20. The smallest absolute Gasteiger partial charge is 0.255 e. The van der Waals surface area contributed by atoms with Crippen LogP contribution in [-0.2, 0) is 11.2 Å². The molecular formula is C26H28N4O3. The number of ketones is 1. The van der Waals surface area contributed by atoms with Crippen LogP contribution < -0.4 is 5.56 Å². The number of hydrogen-bond acceptors (Lipinski definition) is 5. The SMILES string of the molecule is Cc1nc(-c2cccnc2)[nH]c(=O)c1CC(=O)N1CCCCCC1CC(=O)c1ccccc1. The van der Waals surface area contributed by atoms with E-state index < -0.39 is 0 Å². The van der Waals surface area contributed by atoms with Crippen molar-refractivity contribution in [3.8, 4) is 11.4 Å². The Balaban J connectivity index is 1.53. The van der Waals surface area contributed by atoms with Crippen molar-refractivity contribution in [3.05, 3.63) is 82.0 Å². The van der Waals surface area contributed by atoms with E-state index in [9.17, 15) is 14.4 Å². The Labute approximate surface area is 192 Å². The lowest BCUT2D eigenvalue weighted by Crippen LogP contribution is -2.42. The molecule has 1 saturated heterocycles. The van der Waals surface area contributed by atoms with Crippen LogP contribution in [0.3, 0.4) is 0 Å². The number of carbonyl (C=O) groups is 2. The Morgan fingerprint density at radius 3 is 2.64 bits per heavy atom. The lowest BCUT2D eigenvalue weighted by Gasteiger charge is -2.30. The molecule has 1 N–H and O–H groups in total. The fourth-order valence-corrected chi connectivity index (χ4v) is 4.38. The number of amides is 1. The average Bonchev–Trinajstić information content (AvgIpc) is 3.07. The first kappa shape index (κ1) is 22.6. The maximum absolute atomic E-state index is 13.3. The molecule has 1 amide bonds. The minimum Gasteiger partial charge on any atom is -0.339 e. The summed E-state index contributed by atoms with van der Waals surface area (Å²) >= 11 is 0. The van der Waals surface area contributed by atoms with Crippen LogP contribution in [0.4, 0.5) is 0 Å². The Morgan fingerprint density at radius 1 is 1.09 bits per heavy atom. The van der Waals surface area contributed by atoms with Gasteiger partial charge in [0, 0.05) is 53.8 Å². The largest absolute Gasteiger partial charge is 0.339 e. The van der Waals surface area contributed by atoms with Gasteiger partial charge in [0.15, 0.2) is 5.78 Å². The van der Waals surface area contributed by atoms with Crippen molar-refractivity contribution < 1.29 is 9.59 Å². The van der Waals surface area contributed by atoms with Gasteiger partial charge in [-0.1, -0.05) is 43.2 Å². The van der Waals surface area contributed by atoms with Crippen LogP contribution in [0.1, 0.15) is 53.7 Å². The number of aryl methyl sites for hydroxylation is 1. The zero-order valence-electron chi connectivity index (χ0n) is 18.8. The van der Waals surface area contributed by atoms with Gasteiger partial charge in [0.05, 0.1) is 6.42 Å². The molecule has 1 aromatic carbocycles. The normalized spacial score (nSPS) is 16.3. The second-order valence-electron chi connectivity index (χ2n) is 8.48. The van der Waals surface area contributed by atoms with E-state index in [1.54, 1.807) is 25.4 Å². The van der Waals surface area contributed by atoms with Gasteiger partial charge in [-0.05, 0) is 31.9 Å². The molecule has 1 fully saturated rings. The lowest BCUT2D eigenvalue weighted by atomic mass is 9.99. The van der Waals surface area contributed by atoms with Crippen molar-refractivity contribution in [3.63, 3.8) is 0 Å². The van der Waals surface area contributed by atoms with Crippen molar-refractivity contribution in [2.45, 2.75) is 51.5 Å². The maximum Gasteiger partial charge on any atom is 0.255 e. The standard InChI is InChI=1S/C26H28N4O3/c1-18-22(26(33)29-25(28-18)20-11-8-13-27-17-20)16-24(32)30-14-7-3-6-12-21(30)15-23(31)19-9-4-2-5-10-19/h2,4-5,8-11,13,17,21H,3,6-7,12,14-16H2,1H3,(H,28,29,33). The first-order chi connectivity index (χ1) is 16.0. The first-order valence-corrected chi connectivity index (χ1v) is 11.4. The number of carbonyl (C=O) groups excluding carboxylic acids is 2. The first-order valence-electron chi connectivity index (χ1n) is 11.4. The van der Waals surface area contributed by atoms with E-state index in [1.807, 2.05) is 41.3 Å². The van der Waals surface area contributed by atoms with Crippen molar-refractivity contribution in [2.75, 3.05) is 6.54 Å². The number of nitrogens with zero attached hydrogens (tertiary/aromatic N) is 3. The number of likely N-dealkylation sites (tertiary alicyclic amines) is 1. The summed E-state index contributed by atoms with van der Waals surface area (Å²) in [6.07, 6.45) is 7.25.